The number of carbonyl (C=O) groups excluding carboxylic acids is 9. The van der Waals surface area contributed by atoms with Crippen molar-refractivity contribution in [2.75, 3.05) is 18.8 Å². The quantitative estimate of drug-likeness (QED) is 0.0663. The summed E-state index contributed by atoms with van der Waals surface area (Å²) >= 11 is 1.31. The van der Waals surface area contributed by atoms with Crippen molar-refractivity contribution < 1.29 is 47.9 Å². The van der Waals surface area contributed by atoms with Gasteiger partial charge >= 0.3 is 6.09 Å². The molecule has 19 nitrogen and oxygen atoms in total. The maximum absolute atomic E-state index is 14.3. The number of nitrogens with two attached hydrogens (primary N) is 3. The highest BCUT2D eigenvalue weighted by atomic mass is 32.2. The molecule has 5 atom stereocenters. The highest BCUT2D eigenvalue weighted by molar-refractivity contribution is 7.98. The van der Waals surface area contributed by atoms with Crippen molar-refractivity contribution in [1.29, 1.82) is 0 Å². The minimum atomic E-state index is -1.64. The molecule has 0 bridgehead atoms. The number of benzene rings is 2. The van der Waals surface area contributed by atoms with Gasteiger partial charge in [-0.1, -0.05) is 74.5 Å². The zero-order valence-electron chi connectivity index (χ0n) is 33.7. The first-order valence-corrected chi connectivity index (χ1v) is 20.6. The van der Waals surface area contributed by atoms with Crippen molar-refractivity contribution >= 4 is 65.1 Å². The number of amides is 9. The lowest BCUT2D eigenvalue weighted by Gasteiger charge is -2.31. The minimum Gasteiger partial charge on any atom is -0.445 e. The molecule has 0 radical (unpaired) electrons. The molecule has 1 aliphatic rings. The van der Waals surface area contributed by atoms with E-state index in [4.69, 9.17) is 21.9 Å². The first kappa shape index (κ1) is 48.2. The van der Waals surface area contributed by atoms with Gasteiger partial charge in [-0.25, -0.2) is 4.79 Å². The molecule has 1 fully saturated rings. The molecule has 0 aromatic heterocycles. The number of hydrogen-bond acceptors (Lipinski definition) is 11. The summed E-state index contributed by atoms with van der Waals surface area (Å²) in [6.45, 7) is 3.27. The summed E-state index contributed by atoms with van der Waals surface area (Å²) in [6.07, 6.45) is -1.43. The number of likely N-dealkylation sites (tertiary alicyclic amines) is 1. The standard InChI is InChI=1S/C40H55N9O10S/c1-24(2)18-28(35(53)44-20-34(43)52)46-38(56)31-14-9-17-49(31)39(57)30(23-60-22-26-12-7-4-8-13-26)47-37(55)29(19-33(42)51)45-36(54)27(15-16-32(41)50)48-40(58)59-21-25-10-5-3-6-11-25/h3-8,10-13,24,27-31H,9,14-23H2,1-2H3,(H2,41,50)(H2,42,51)(H2,43,52)(H,44,53)(H,45,54)(H,46,56)(H,47,55)(H,48,58). The molecule has 20 heteroatoms. The van der Waals surface area contributed by atoms with Crippen LogP contribution in [-0.4, -0.2) is 107 Å². The monoisotopic (exact) mass is 853 g/mol. The SMILES string of the molecule is CC(C)CC(NC(=O)C1CCCN1C(=O)C(CSCc1ccccc1)NC(=O)C(CC(N)=O)NC(=O)C(CCC(N)=O)NC(=O)OCc1ccccc1)C(=O)NCC(N)=O. The summed E-state index contributed by atoms with van der Waals surface area (Å²) in [5.41, 5.74) is 17.5. The van der Waals surface area contributed by atoms with Crippen molar-refractivity contribution in [3.05, 3.63) is 71.8 Å². The Morgan fingerprint density at radius 3 is 1.95 bits per heavy atom. The van der Waals surface area contributed by atoms with E-state index in [0.29, 0.717) is 17.7 Å². The third-order valence-electron chi connectivity index (χ3n) is 9.17. The number of ether oxygens (including phenoxy) is 1. The van der Waals surface area contributed by atoms with Crippen LogP contribution in [0.3, 0.4) is 0 Å². The van der Waals surface area contributed by atoms with Crippen LogP contribution in [0, 0.1) is 5.92 Å². The van der Waals surface area contributed by atoms with Crippen LogP contribution in [0.15, 0.2) is 60.7 Å². The van der Waals surface area contributed by atoms with Crippen molar-refractivity contribution in [1.82, 2.24) is 31.5 Å². The molecule has 1 saturated heterocycles. The maximum atomic E-state index is 14.3. The van der Waals surface area contributed by atoms with Crippen molar-refractivity contribution in [3.63, 3.8) is 0 Å². The Morgan fingerprint density at radius 2 is 1.35 bits per heavy atom. The molecule has 1 heterocycles. The van der Waals surface area contributed by atoms with E-state index in [1.165, 1.54) is 16.7 Å². The third kappa shape index (κ3) is 17.0. The van der Waals surface area contributed by atoms with Crippen LogP contribution >= 0.6 is 11.8 Å². The van der Waals surface area contributed by atoms with Crippen LogP contribution in [0.4, 0.5) is 4.79 Å². The molecular formula is C40H55N9O10S. The predicted molar refractivity (Wildman–Crippen MR) is 221 cm³/mol. The predicted octanol–water partition coefficient (Wildman–Crippen LogP) is -0.551. The zero-order chi connectivity index (χ0) is 44.2. The van der Waals surface area contributed by atoms with Crippen LogP contribution in [0.2, 0.25) is 0 Å². The van der Waals surface area contributed by atoms with Gasteiger partial charge in [0.1, 0.15) is 36.8 Å². The molecule has 326 valence electrons. The van der Waals surface area contributed by atoms with Gasteiger partial charge in [-0.2, -0.15) is 11.8 Å². The average Bonchev–Trinajstić information content (AvgIpc) is 3.70. The highest BCUT2D eigenvalue weighted by Gasteiger charge is 2.40. The van der Waals surface area contributed by atoms with Crippen molar-refractivity contribution in [2.24, 2.45) is 23.1 Å². The van der Waals surface area contributed by atoms with Crippen LogP contribution < -0.4 is 43.8 Å². The fourth-order valence-electron chi connectivity index (χ4n) is 6.23. The Hall–Kier alpha value is -6.18. The second-order valence-corrected chi connectivity index (χ2v) is 15.7. The van der Waals surface area contributed by atoms with Gasteiger partial charge in [0.05, 0.1) is 13.0 Å². The molecule has 0 saturated carbocycles. The summed E-state index contributed by atoms with van der Waals surface area (Å²) in [5, 5.41) is 12.5. The summed E-state index contributed by atoms with van der Waals surface area (Å²) in [6, 6.07) is 11.6. The molecule has 3 rings (SSSR count). The molecule has 60 heavy (non-hydrogen) atoms. The lowest BCUT2D eigenvalue weighted by Crippen LogP contribution is -2.60. The van der Waals surface area contributed by atoms with Gasteiger partial charge in [-0.05, 0) is 42.7 Å². The first-order chi connectivity index (χ1) is 28.5. The van der Waals surface area contributed by atoms with Crippen molar-refractivity contribution in [2.45, 2.75) is 94.9 Å². The third-order valence-corrected chi connectivity index (χ3v) is 10.3. The second kappa shape index (κ2) is 24.7. The molecule has 9 amide bonds. The van der Waals surface area contributed by atoms with Crippen LogP contribution in [0.1, 0.15) is 63.5 Å². The molecule has 0 aliphatic carbocycles. The van der Waals surface area contributed by atoms with E-state index in [2.05, 4.69) is 26.6 Å². The molecule has 2 aromatic carbocycles. The number of alkyl carbamates (subject to hydrolysis) is 1. The van der Waals surface area contributed by atoms with Gasteiger partial charge in [0.15, 0.2) is 0 Å². The van der Waals surface area contributed by atoms with Crippen LogP contribution in [-0.2, 0) is 55.5 Å². The second-order valence-electron chi connectivity index (χ2n) is 14.6. The summed E-state index contributed by atoms with van der Waals surface area (Å²) in [5.74, 6) is -5.91. The van der Waals surface area contributed by atoms with E-state index in [9.17, 15) is 43.2 Å². The Morgan fingerprint density at radius 1 is 0.733 bits per heavy atom. The minimum absolute atomic E-state index is 0.00306. The first-order valence-electron chi connectivity index (χ1n) is 19.5. The molecule has 1 aliphatic heterocycles. The molecule has 11 N–H and O–H groups in total. The van der Waals surface area contributed by atoms with E-state index < -0.39 is 96.5 Å². The van der Waals surface area contributed by atoms with Gasteiger partial charge in [-0.3, -0.25) is 38.4 Å². The number of hydrogen-bond donors (Lipinski definition) is 8. The normalized spacial score (nSPS) is 15.4. The van der Waals surface area contributed by atoms with Gasteiger partial charge < -0.3 is 53.4 Å². The van der Waals surface area contributed by atoms with Crippen molar-refractivity contribution in [3.8, 4) is 0 Å². The van der Waals surface area contributed by atoms with Gasteiger partial charge in [0.2, 0.25) is 47.3 Å². The smallest absolute Gasteiger partial charge is 0.408 e. The Balaban J connectivity index is 1.82. The number of nitrogens with one attached hydrogen (secondary N) is 5. The average molecular weight is 854 g/mol. The molecule has 5 unspecified atom stereocenters. The summed E-state index contributed by atoms with van der Waals surface area (Å²) in [7, 11) is 0. The maximum Gasteiger partial charge on any atom is 0.408 e. The number of thioether (sulfide) groups is 1. The van der Waals surface area contributed by atoms with Gasteiger partial charge in [0.25, 0.3) is 0 Å². The molecule has 2 aromatic rings. The fraction of sp³-hybridized carbons (Fsp3) is 0.475. The van der Waals surface area contributed by atoms with E-state index in [1.54, 1.807) is 30.3 Å². The Bertz CT molecular complexity index is 1820. The van der Waals surface area contributed by atoms with E-state index in [1.807, 2.05) is 44.2 Å². The van der Waals surface area contributed by atoms with E-state index in [0.717, 1.165) is 5.56 Å². The summed E-state index contributed by atoms with van der Waals surface area (Å²) in [4.78, 5) is 118. The topological polar surface area (TPSA) is 304 Å². The Labute approximate surface area is 352 Å². The van der Waals surface area contributed by atoms with Crippen LogP contribution in [0.25, 0.3) is 0 Å². The Kier molecular flexibility index (Phi) is 19.8. The number of primary amides is 3. The molecular weight excluding hydrogens is 799 g/mol. The van der Waals surface area contributed by atoms with E-state index >= 15 is 0 Å². The highest BCUT2D eigenvalue weighted by Crippen LogP contribution is 2.22. The van der Waals surface area contributed by atoms with Gasteiger partial charge in [-0.15, -0.1) is 0 Å². The number of rotatable bonds is 24. The zero-order valence-corrected chi connectivity index (χ0v) is 34.5. The fourth-order valence-corrected chi connectivity index (χ4v) is 7.24. The number of nitrogens with zero attached hydrogens (tertiary/aromatic N) is 1. The lowest BCUT2D eigenvalue weighted by atomic mass is 10.0. The number of carbonyl (C=O) groups is 9. The largest absolute Gasteiger partial charge is 0.445 e. The van der Waals surface area contributed by atoms with Gasteiger partial charge in [0, 0.05) is 24.5 Å². The van der Waals surface area contributed by atoms with Crippen LogP contribution in [0.5, 0.6) is 0 Å². The molecule has 0 spiro atoms. The summed E-state index contributed by atoms with van der Waals surface area (Å²) < 4.78 is 5.21. The van der Waals surface area contributed by atoms with E-state index in [-0.39, 0.29) is 50.5 Å². The lowest BCUT2D eigenvalue weighted by molar-refractivity contribution is -0.142.